The lowest BCUT2D eigenvalue weighted by Gasteiger charge is -2.18. The van der Waals surface area contributed by atoms with E-state index >= 15 is 0 Å². The van der Waals surface area contributed by atoms with Gasteiger partial charge in [0.25, 0.3) is 5.56 Å². The summed E-state index contributed by atoms with van der Waals surface area (Å²) in [5.74, 6) is -0.0767. The van der Waals surface area contributed by atoms with Crippen LogP contribution in [0.4, 0.5) is 5.69 Å². The lowest BCUT2D eigenvalue weighted by atomic mass is 10.1. The van der Waals surface area contributed by atoms with E-state index in [0.717, 1.165) is 41.2 Å². The average molecular weight is 406 g/mol. The summed E-state index contributed by atoms with van der Waals surface area (Å²) in [6, 6.07) is 11.4. The van der Waals surface area contributed by atoms with Gasteiger partial charge in [-0.15, -0.1) is 0 Å². The normalized spacial score (nSPS) is 16.1. The van der Waals surface area contributed by atoms with Crippen LogP contribution >= 0.6 is 0 Å². The molecule has 3 aromatic rings. The molecular weight excluding hydrogens is 380 g/mol. The maximum absolute atomic E-state index is 12.6. The number of aryl methyl sites for hydroxylation is 2. The SMILES string of the molecule is Cc1n[nH]c(C)c1CNC(=O)C1CCN(c2cnn(Cc3ccccc3)c(=O)c2)C1. The van der Waals surface area contributed by atoms with E-state index in [1.165, 1.54) is 4.68 Å². The van der Waals surface area contributed by atoms with Crippen LogP contribution in [0.1, 0.15) is 28.9 Å². The molecule has 1 aromatic carbocycles. The van der Waals surface area contributed by atoms with Crippen molar-refractivity contribution < 1.29 is 4.79 Å². The first kappa shape index (κ1) is 19.9. The van der Waals surface area contributed by atoms with Crippen molar-refractivity contribution in [3.8, 4) is 0 Å². The minimum atomic E-state index is -0.143. The second-order valence-electron chi connectivity index (χ2n) is 7.76. The van der Waals surface area contributed by atoms with Crippen LogP contribution in [-0.4, -0.2) is 39.0 Å². The summed E-state index contributed by atoms with van der Waals surface area (Å²) in [5, 5.41) is 14.4. The first-order valence-corrected chi connectivity index (χ1v) is 10.2. The number of nitrogens with zero attached hydrogens (tertiary/aromatic N) is 4. The van der Waals surface area contributed by atoms with Gasteiger partial charge in [0.15, 0.2) is 0 Å². The Kier molecular flexibility index (Phi) is 5.65. The lowest BCUT2D eigenvalue weighted by molar-refractivity contribution is -0.124. The van der Waals surface area contributed by atoms with Crippen LogP contribution in [0.15, 0.2) is 47.4 Å². The molecule has 3 heterocycles. The van der Waals surface area contributed by atoms with Gasteiger partial charge < -0.3 is 10.2 Å². The molecule has 1 atom stereocenters. The molecule has 8 nitrogen and oxygen atoms in total. The molecule has 1 aliphatic rings. The van der Waals surface area contributed by atoms with Crippen molar-refractivity contribution in [2.24, 2.45) is 5.92 Å². The number of nitrogens with one attached hydrogen (secondary N) is 2. The monoisotopic (exact) mass is 406 g/mol. The Hall–Kier alpha value is -3.42. The van der Waals surface area contributed by atoms with Gasteiger partial charge in [0.1, 0.15) is 0 Å². The van der Waals surface area contributed by atoms with Crippen LogP contribution in [-0.2, 0) is 17.9 Å². The third-order valence-electron chi connectivity index (χ3n) is 5.67. The molecule has 30 heavy (non-hydrogen) atoms. The molecule has 0 spiro atoms. The maximum Gasteiger partial charge on any atom is 0.269 e. The number of anilines is 1. The van der Waals surface area contributed by atoms with Crippen LogP contribution in [0.5, 0.6) is 0 Å². The number of aromatic amines is 1. The van der Waals surface area contributed by atoms with Crippen molar-refractivity contribution >= 4 is 11.6 Å². The topological polar surface area (TPSA) is 95.9 Å². The van der Waals surface area contributed by atoms with Crippen molar-refractivity contribution in [3.05, 3.63) is 75.5 Å². The molecule has 156 valence electrons. The minimum Gasteiger partial charge on any atom is -0.369 e. The molecule has 1 unspecified atom stereocenters. The Morgan fingerprint density at radius 2 is 2.07 bits per heavy atom. The number of carbonyl (C=O) groups is 1. The summed E-state index contributed by atoms with van der Waals surface area (Å²) in [6.45, 7) is 6.10. The first-order valence-electron chi connectivity index (χ1n) is 10.2. The average Bonchev–Trinajstić information content (AvgIpc) is 3.36. The molecule has 1 fully saturated rings. The van der Waals surface area contributed by atoms with Gasteiger partial charge in [0.05, 0.1) is 30.0 Å². The van der Waals surface area contributed by atoms with Gasteiger partial charge in [-0.3, -0.25) is 14.7 Å². The second-order valence-corrected chi connectivity index (χ2v) is 7.76. The van der Waals surface area contributed by atoms with Crippen LogP contribution in [0.2, 0.25) is 0 Å². The molecular formula is C22H26N6O2. The Morgan fingerprint density at radius 1 is 1.27 bits per heavy atom. The number of aromatic nitrogens is 4. The molecule has 0 aliphatic carbocycles. The highest BCUT2D eigenvalue weighted by Crippen LogP contribution is 2.22. The Morgan fingerprint density at radius 3 is 2.77 bits per heavy atom. The zero-order chi connectivity index (χ0) is 21.1. The Bertz CT molecular complexity index is 1070. The standard InChI is InChI=1S/C22H26N6O2/c1-15-20(16(2)26-25-15)12-23-22(30)18-8-9-27(14-18)19-10-21(29)28(24-11-19)13-17-6-4-3-5-7-17/h3-7,10-11,18H,8-9,12-14H2,1-2H3,(H,23,30)(H,25,26). The van der Waals surface area contributed by atoms with Crippen molar-refractivity contribution in [3.63, 3.8) is 0 Å². The molecule has 0 saturated carbocycles. The van der Waals surface area contributed by atoms with Crippen LogP contribution in [0.3, 0.4) is 0 Å². The highest BCUT2D eigenvalue weighted by atomic mass is 16.2. The predicted molar refractivity (Wildman–Crippen MR) is 114 cm³/mol. The Balaban J connectivity index is 1.36. The van der Waals surface area contributed by atoms with Gasteiger partial charge in [-0.25, -0.2) is 4.68 Å². The molecule has 2 N–H and O–H groups in total. The minimum absolute atomic E-state index is 0.0304. The number of rotatable bonds is 6. The van der Waals surface area contributed by atoms with E-state index < -0.39 is 0 Å². The number of H-pyrrole nitrogens is 1. The van der Waals surface area contributed by atoms with E-state index in [-0.39, 0.29) is 17.4 Å². The van der Waals surface area contributed by atoms with E-state index in [2.05, 4.69) is 25.5 Å². The molecule has 1 aliphatic heterocycles. The van der Waals surface area contributed by atoms with E-state index in [0.29, 0.717) is 19.6 Å². The summed E-state index contributed by atoms with van der Waals surface area (Å²) in [4.78, 5) is 27.2. The number of carbonyl (C=O) groups excluding carboxylic acids is 1. The lowest BCUT2D eigenvalue weighted by Crippen LogP contribution is -2.33. The molecule has 0 bridgehead atoms. The van der Waals surface area contributed by atoms with E-state index in [4.69, 9.17) is 0 Å². The van der Waals surface area contributed by atoms with Gasteiger partial charge >= 0.3 is 0 Å². The number of hydrogen-bond donors (Lipinski definition) is 2. The molecule has 2 aromatic heterocycles. The zero-order valence-electron chi connectivity index (χ0n) is 17.3. The molecule has 4 rings (SSSR count). The molecule has 8 heteroatoms. The first-order chi connectivity index (χ1) is 14.5. The fraction of sp³-hybridized carbons (Fsp3) is 0.364. The van der Waals surface area contributed by atoms with Gasteiger partial charge in [0.2, 0.25) is 5.91 Å². The van der Waals surface area contributed by atoms with Gasteiger partial charge in [0, 0.05) is 37.0 Å². The van der Waals surface area contributed by atoms with Gasteiger partial charge in [-0.05, 0) is 25.8 Å². The highest BCUT2D eigenvalue weighted by Gasteiger charge is 2.29. The van der Waals surface area contributed by atoms with E-state index in [9.17, 15) is 9.59 Å². The quantitative estimate of drug-likeness (QED) is 0.651. The second kappa shape index (κ2) is 8.52. The molecule has 0 radical (unpaired) electrons. The van der Waals surface area contributed by atoms with Crippen molar-refractivity contribution in [2.75, 3.05) is 18.0 Å². The number of amides is 1. The van der Waals surface area contributed by atoms with Crippen LogP contribution in [0.25, 0.3) is 0 Å². The van der Waals surface area contributed by atoms with Crippen LogP contribution in [0, 0.1) is 19.8 Å². The van der Waals surface area contributed by atoms with Crippen molar-refractivity contribution in [1.29, 1.82) is 0 Å². The Labute approximate surface area is 174 Å². The highest BCUT2D eigenvalue weighted by molar-refractivity contribution is 5.80. The van der Waals surface area contributed by atoms with Gasteiger partial charge in [-0.2, -0.15) is 10.2 Å². The number of hydrogen-bond acceptors (Lipinski definition) is 5. The van der Waals surface area contributed by atoms with Gasteiger partial charge in [-0.1, -0.05) is 30.3 Å². The fourth-order valence-corrected chi connectivity index (χ4v) is 3.84. The fourth-order valence-electron chi connectivity index (χ4n) is 3.84. The van der Waals surface area contributed by atoms with E-state index in [1.807, 2.05) is 44.2 Å². The smallest absolute Gasteiger partial charge is 0.269 e. The van der Waals surface area contributed by atoms with Crippen molar-refractivity contribution in [2.45, 2.75) is 33.4 Å². The predicted octanol–water partition coefficient (Wildman–Crippen LogP) is 1.77. The third-order valence-corrected chi connectivity index (χ3v) is 5.67. The zero-order valence-corrected chi connectivity index (χ0v) is 17.3. The third kappa shape index (κ3) is 4.27. The van der Waals surface area contributed by atoms with Crippen LogP contribution < -0.4 is 15.8 Å². The van der Waals surface area contributed by atoms with Crippen molar-refractivity contribution in [1.82, 2.24) is 25.3 Å². The summed E-state index contributed by atoms with van der Waals surface area (Å²) < 4.78 is 1.45. The maximum atomic E-state index is 12.6. The summed E-state index contributed by atoms with van der Waals surface area (Å²) in [6.07, 6.45) is 2.46. The molecule has 1 saturated heterocycles. The largest absolute Gasteiger partial charge is 0.369 e. The van der Waals surface area contributed by atoms with E-state index in [1.54, 1.807) is 12.3 Å². The number of benzene rings is 1. The summed E-state index contributed by atoms with van der Waals surface area (Å²) in [7, 11) is 0. The molecule has 1 amide bonds. The summed E-state index contributed by atoms with van der Waals surface area (Å²) >= 11 is 0. The summed E-state index contributed by atoms with van der Waals surface area (Å²) in [5.41, 5.74) is 4.56.